The Balaban J connectivity index is -0.00000451. The van der Waals surface area contributed by atoms with Crippen LogP contribution in [-0.4, -0.2) is 0 Å². The number of rotatable bonds is 24. The fourth-order valence-electron chi connectivity index (χ4n) is 1.40. The Morgan fingerprint density at radius 3 is 0.564 bits per heavy atom. The zero-order valence-corrected chi connectivity index (χ0v) is 56.7. The molecule has 0 aliphatic carbocycles. The molecule has 0 spiro atoms. The Labute approximate surface area is 433 Å². The van der Waals surface area contributed by atoms with Crippen molar-refractivity contribution >= 4 is 7.82 Å². The minimum Gasteiger partial charge on any atom is 1.00 e. The van der Waals surface area contributed by atoms with Crippen molar-refractivity contribution in [3.63, 3.8) is 0 Å². The standard InChI is InChI=1S/K.12Mo.H3O4P.36O.Rb/c;;;;;;;;;;;;;1-5(2,3)4;;;;;;;;;;;;;;;;;;;;;;;;;;;;;;;;;;;;;/h;;;;;;;;;;;;;(H3,1,2,3,4);;;;;;;;;;;;;;;;;;;;;;;;;;;;;;;;;;;;;/q+1;;;;;;;;;;3*+1;;;;;;;;;;;;;;;;;;;;;;;;;;;;;;;;;;;3*-1;+1/p-2. The molecule has 0 rings (SSSR count). The molecule has 55 heavy (non-hydrogen) atoms. The fourth-order valence-corrected chi connectivity index (χ4v) is 60.0. The van der Waals surface area contributed by atoms with Crippen molar-refractivity contribution in [2.24, 2.45) is 0 Å². The summed E-state index contributed by atoms with van der Waals surface area (Å²) in [6.07, 6.45) is 0. The van der Waals surface area contributed by atoms with Gasteiger partial charge in [-0.15, -0.1) is 0 Å². The van der Waals surface area contributed by atoms with E-state index in [-0.39, 0.29) is 111 Å². The molecule has 0 atom stereocenters. The van der Waals surface area contributed by atoms with E-state index in [0.29, 0.717) is 0 Å². The maximum atomic E-state index is 12.7. The molecule has 0 N–H and O–H groups in total. The zero-order valence-electron chi connectivity index (χ0n) is 24.7. The van der Waals surface area contributed by atoms with Gasteiger partial charge in [0.25, 0.3) is 0 Å². The Kier molecular flexibility index (Phi) is 27.5. The zero-order chi connectivity index (χ0) is 43.0. The summed E-state index contributed by atoms with van der Waals surface area (Å²) in [5.74, 6) is 0. The second kappa shape index (κ2) is 23.0. The molecule has 0 aromatic heterocycles. The Morgan fingerprint density at radius 2 is 0.418 bits per heavy atom. The predicted molar refractivity (Wildman–Crippen MR) is 38.2 cm³/mol. The van der Waals surface area contributed by atoms with E-state index >= 15 is 0 Å². The van der Waals surface area contributed by atoms with Gasteiger partial charge < -0.3 is 0 Å². The van der Waals surface area contributed by atoms with Gasteiger partial charge in [-0.1, -0.05) is 0 Å². The first-order valence-corrected chi connectivity index (χ1v) is 49.5. The van der Waals surface area contributed by atoms with Crippen LogP contribution in [0.2, 0.25) is 0 Å². The second-order valence-electron chi connectivity index (χ2n) is 6.18. The fraction of sp³-hybridized carbons (Fsp3) is 0. The minimum absolute atomic E-state index is 0. The van der Waals surface area contributed by atoms with Gasteiger partial charge in [0, 0.05) is 0 Å². The van der Waals surface area contributed by atoms with Crippen molar-refractivity contribution in [2.45, 2.75) is 0 Å². The molecule has 0 amide bonds. The predicted octanol–water partition coefficient (Wildman–Crippen LogP) is -12.4. The maximum Gasteiger partial charge on any atom is 1.00 e. The normalized spacial score (nSPS) is 15.0. The quantitative estimate of drug-likeness (QED) is 0.0639. The van der Waals surface area contributed by atoms with Crippen LogP contribution in [0.4, 0.5) is 0 Å². The molecule has 0 aliphatic rings. The van der Waals surface area contributed by atoms with Crippen LogP contribution in [0.5, 0.6) is 0 Å². The topological polar surface area (TPSA) is 607 Å². The SMILES string of the molecule is O=P([O][Mo](=[O])(=[O])[O][Mo](=[O])(=[O])[O][Mo](=[O])(=[O])[O][Mo](=[O])(=[O])[O-])([O][Mo](=[O])(=[O])[O][Mo](=[O])(=[O])[O][Mo](=[O])(=[O])[O][Mo](=[O])(=[O])[O-])[O][Mo](=[O])(=[O])[O][Mo](=[O])(=[O])[O][Mo](=[O])(=[O])[O][Mo](=[O])(=[O])[O-].[H+].[K+].[Rb+]. The summed E-state index contributed by atoms with van der Waals surface area (Å²) in [7, 11) is -7.94. The van der Waals surface area contributed by atoms with Crippen LogP contribution in [0.3, 0.4) is 0 Å². The number of hydrogen-bond donors (Lipinski definition) is 0. The summed E-state index contributed by atoms with van der Waals surface area (Å²) in [6.45, 7) is 0. The largest absolute Gasteiger partial charge is 1.00 e. The molecule has 0 aliphatic heterocycles. The van der Waals surface area contributed by atoms with E-state index in [1.54, 1.807) is 0 Å². The van der Waals surface area contributed by atoms with E-state index in [9.17, 15) is 97.4 Å². The van der Waals surface area contributed by atoms with Crippen LogP contribution in [0.15, 0.2) is 0 Å². The minimum atomic E-state index is -8.82. The van der Waals surface area contributed by atoms with Crippen LogP contribution < -0.4 is 121 Å². The first-order chi connectivity index (χ1) is 22.5. The number of hydrogen-bond acceptors (Lipinski definition) is 40. The van der Waals surface area contributed by atoms with Crippen molar-refractivity contribution in [1.82, 2.24) is 0 Å². The van der Waals surface area contributed by atoms with Crippen LogP contribution >= 0.6 is 7.82 Å². The Hall–Kier alpha value is 6.53. The van der Waals surface area contributed by atoms with Crippen molar-refractivity contribution < 1.29 is 437 Å². The van der Waals surface area contributed by atoms with Crippen LogP contribution in [0.1, 0.15) is 1.43 Å². The van der Waals surface area contributed by atoms with E-state index in [2.05, 4.69) is 27.9 Å². The van der Waals surface area contributed by atoms with E-state index in [1.165, 1.54) is 0 Å². The van der Waals surface area contributed by atoms with Crippen molar-refractivity contribution in [3.05, 3.63) is 0 Å². The molecule has 0 saturated carbocycles. The molecule has 0 fully saturated rings. The van der Waals surface area contributed by atoms with E-state index < -0.39 is 209 Å². The van der Waals surface area contributed by atoms with Gasteiger partial charge in [-0.2, -0.15) is 0 Å². The monoisotopic (exact) mass is 1970 g/mol. The Bertz CT molecular complexity index is 2530. The van der Waals surface area contributed by atoms with Gasteiger partial charge in [-0.05, 0) is 0 Å². The molecule has 40 nitrogen and oxygen atoms in total. The van der Waals surface area contributed by atoms with Crippen LogP contribution in [0.25, 0.3) is 0 Å². The van der Waals surface area contributed by atoms with Gasteiger partial charge in [0.2, 0.25) is 0 Å². The molecule has 0 bridgehead atoms. The van der Waals surface area contributed by atoms with E-state index in [1.807, 2.05) is 0 Å². The summed E-state index contributed by atoms with van der Waals surface area (Å²) in [5.41, 5.74) is 0. The van der Waals surface area contributed by atoms with Gasteiger partial charge >= 0.3 is 445 Å². The van der Waals surface area contributed by atoms with Crippen molar-refractivity contribution in [1.29, 1.82) is 0 Å². The van der Waals surface area contributed by atoms with Crippen molar-refractivity contribution in [3.8, 4) is 0 Å². The summed E-state index contributed by atoms with van der Waals surface area (Å²) in [4.78, 5) is 0. The van der Waals surface area contributed by atoms with Crippen LogP contribution in [-0.2, 0) is 315 Å². The summed E-state index contributed by atoms with van der Waals surface area (Å²) < 4.78 is 351. The summed E-state index contributed by atoms with van der Waals surface area (Å²) in [5, 5.41) is 0. The molecular formula is HKMo12O40PRb. The molecule has 320 valence electrons. The van der Waals surface area contributed by atoms with Gasteiger partial charge in [0.1, 0.15) is 0 Å². The van der Waals surface area contributed by atoms with E-state index in [0.717, 1.165) is 0 Å². The second-order valence-corrected chi connectivity index (χ2v) is 55.7. The molecular weight excluding hydrogens is 1950 g/mol. The third-order valence-electron chi connectivity index (χ3n) is 2.05. The molecule has 0 aromatic rings. The van der Waals surface area contributed by atoms with Crippen molar-refractivity contribution in [2.75, 3.05) is 0 Å². The van der Waals surface area contributed by atoms with Gasteiger partial charge in [0.15, 0.2) is 0 Å². The van der Waals surface area contributed by atoms with Crippen LogP contribution in [0, 0.1) is 0 Å². The first-order valence-electron chi connectivity index (χ1n) is 8.73. The summed E-state index contributed by atoms with van der Waals surface area (Å²) >= 11 is -98.5. The van der Waals surface area contributed by atoms with Gasteiger partial charge in [-0.3, -0.25) is 0 Å². The smallest absolute Gasteiger partial charge is 1.00 e. The molecule has 0 unspecified atom stereocenters. The summed E-state index contributed by atoms with van der Waals surface area (Å²) in [6, 6.07) is 0. The average Bonchev–Trinajstić information content (AvgIpc) is 2.58. The average molecular weight is 1950 g/mol. The maximum absolute atomic E-state index is 12.7. The number of phosphoric acid groups is 1. The third kappa shape index (κ3) is 33.6. The molecule has 0 aromatic carbocycles. The third-order valence-corrected chi connectivity index (χ3v) is 62.2. The first kappa shape index (κ1) is 65.8. The molecule has 0 saturated heterocycles. The van der Waals surface area contributed by atoms with Gasteiger partial charge in [-0.25, -0.2) is 0 Å². The van der Waals surface area contributed by atoms with E-state index in [4.69, 9.17) is 0 Å². The molecule has 0 heterocycles. The molecule has 0 radical (unpaired) electrons. The Morgan fingerprint density at radius 1 is 0.291 bits per heavy atom. The van der Waals surface area contributed by atoms with Gasteiger partial charge in [0.05, 0.1) is 0 Å². The molecule has 55 heteroatoms.